The Kier molecular flexibility index (Phi) is 6.63. The van der Waals surface area contributed by atoms with Crippen LogP contribution in [0.25, 0.3) is 0 Å². The van der Waals surface area contributed by atoms with Crippen LogP contribution in [0.4, 0.5) is 4.39 Å². The van der Waals surface area contributed by atoms with Gasteiger partial charge < -0.3 is 10.2 Å². The van der Waals surface area contributed by atoms with Crippen LogP contribution in [0.5, 0.6) is 0 Å². The Morgan fingerprint density at radius 3 is 2.60 bits per heavy atom. The van der Waals surface area contributed by atoms with Crippen LogP contribution in [-0.2, 0) is 4.79 Å². The molecule has 20 heavy (non-hydrogen) atoms. The second-order valence-corrected chi connectivity index (χ2v) is 4.45. The topological polar surface area (TPSA) is 62.3 Å². The molecule has 0 radical (unpaired) electrons. The van der Waals surface area contributed by atoms with E-state index in [9.17, 15) is 14.0 Å². The van der Waals surface area contributed by atoms with Crippen molar-refractivity contribution in [1.82, 2.24) is 15.2 Å². The van der Waals surface area contributed by atoms with Gasteiger partial charge in [0.2, 0.25) is 11.9 Å². The molecule has 0 fully saturated rings. The Morgan fingerprint density at radius 2 is 2.05 bits per heavy atom. The lowest BCUT2D eigenvalue weighted by Crippen LogP contribution is -2.41. The molecule has 1 aromatic rings. The maximum absolute atomic E-state index is 12.7. The van der Waals surface area contributed by atoms with Crippen molar-refractivity contribution in [3.05, 3.63) is 29.8 Å². The van der Waals surface area contributed by atoms with E-state index in [4.69, 9.17) is 0 Å². The van der Waals surface area contributed by atoms with Gasteiger partial charge >= 0.3 is 0 Å². The average Bonchev–Trinajstić information content (AvgIpc) is 2.44. The number of carbonyl (C=O) groups excluding carboxylic acids is 2. The third-order valence-electron chi connectivity index (χ3n) is 2.66. The van der Waals surface area contributed by atoms with Crippen molar-refractivity contribution in [2.45, 2.75) is 26.7 Å². The lowest BCUT2D eigenvalue weighted by molar-refractivity contribution is -0.121. The lowest BCUT2D eigenvalue weighted by Gasteiger charge is -2.21. The quantitative estimate of drug-likeness (QED) is 0.772. The van der Waals surface area contributed by atoms with Gasteiger partial charge in [-0.05, 0) is 25.0 Å². The normalized spacial score (nSPS) is 10.2. The highest BCUT2D eigenvalue weighted by molar-refractivity contribution is 5.96. The number of nitrogens with one attached hydrogen (secondary N) is 1. The van der Waals surface area contributed by atoms with E-state index in [1.807, 2.05) is 13.8 Å². The van der Waals surface area contributed by atoms with Crippen LogP contribution in [0.3, 0.4) is 0 Å². The van der Waals surface area contributed by atoms with Crippen LogP contribution in [-0.4, -0.2) is 41.3 Å². The SMILES string of the molecule is CCCNC(=O)CN(CCC)C(=O)c1ccc(F)nc1. The number of amides is 2. The van der Waals surface area contributed by atoms with E-state index < -0.39 is 5.95 Å². The highest BCUT2D eigenvalue weighted by Gasteiger charge is 2.18. The van der Waals surface area contributed by atoms with E-state index >= 15 is 0 Å². The number of nitrogens with zero attached hydrogens (tertiary/aromatic N) is 2. The van der Waals surface area contributed by atoms with Crippen molar-refractivity contribution in [2.75, 3.05) is 19.6 Å². The zero-order chi connectivity index (χ0) is 15.0. The van der Waals surface area contributed by atoms with E-state index in [-0.39, 0.29) is 23.9 Å². The van der Waals surface area contributed by atoms with Crippen LogP contribution in [0.1, 0.15) is 37.0 Å². The summed E-state index contributed by atoms with van der Waals surface area (Å²) in [5.41, 5.74) is 0.281. The van der Waals surface area contributed by atoms with Gasteiger partial charge in [-0.25, -0.2) is 4.98 Å². The molecule has 0 saturated carbocycles. The molecule has 0 atom stereocenters. The lowest BCUT2D eigenvalue weighted by atomic mass is 10.2. The molecule has 1 rings (SSSR count). The van der Waals surface area contributed by atoms with Crippen molar-refractivity contribution >= 4 is 11.8 Å². The second-order valence-electron chi connectivity index (χ2n) is 4.45. The monoisotopic (exact) mass is 281 g/mol. The Labute approximate surface area is 118 Å². The van der Waals surface area contributed by atoms with Crippen LogP contribution in [0.15, 0.2) is 18.3 Å². The molecule has 1 aromatic heterocycles. The van der Waals surface area contributed by atoms with E-state index in [1.165, 1.54) is 17.2 Å². The predicted octanol–water partition coefficient (Wildman–Crippen LogP) is 1.60. The molecule has 0 saturated heterocycles. The van der Waals surface area contributed by atoms with Gasteiger partial charge in [0.05, 0.1) is 12.1 Å². The van der Waals surface area contributed by atoms with E-state index in [0.29, 0.717) is 13.1 Å². The van der Waals surface area contributed by atoms with E-state index in [0.717, 1.165) is 18.9 Å². The molecule has 0 spiro atoms. The number of hydrogen-bond donors (Lipinski definition) is 1. The van der Waals surface area contributed by atoms with Gasteiger partial charge in [-0.3, -0.25) is 9.59 Å². The van der Waals surface area contributed by atoms with Gasteiger partial charge in [0.1, 0.15) is 0 Å². The molecule has 110 valence electrons. The fourth-order valence-electron chi connectivity index (χ4n) is 1.70. The minimum atomic E-state index is -0.635. The Morgan fingerprint density at radius 1 is 1.30 bits per heavy atom. The fraction of sp³-hybridized carbons (Fsp3) is 0.500. The summed E-state index contributed by atoms with van der Waals surface area (Å²) in [7, 11) is 0. The highest BCUT2D eigenvalue weighted by Crippen LogP contribution is 2.05. The first-order valence-corrected chi connectivity index (χ1v) is 6.76. The van der Waals surface area contributed by atoms with Crippen molar-refractivity contribution in [1.29, 1.82) is 0 Å². The molecule has 2 amide bonds. The molecule has 0 aromatic carbocycles. The summed E-state index contributed by atoms with van der Waals surface area (Å²) in [4.78, 5) is 28.8. The summed E-state index contributed by atoms with van der Waals surface area (Å²) < 4.78 is 12.7. The number of carbonyl (C=O) groups is 2. The summed E-state index contributed by atoms with van der Waals surface area (Å²) in [6.07, 6.45) is 2.76. The van der Waals surface area contributed by atoms with Gasteiger partial charge in [0.15, 0.2) is 0 Å². The Hall–Kier alpha value is -1.98. The van der Waals surface area contributed by atoms with Gasteiger partial charge in [-0.1, -0.05) is 13.8 Å². The first-order chi connectivity index (χ1) is 9.58. The molecule has 5 nitrogen and oxygen atoms in total. The van der Waals surface area contributed by atoms with E-state index in [2.05, 4.69) is 10.3 Å². The van der Waals surface area contributed by atoms with Crippen molar-refractivity contribution < 1.29 is 14.0 Å². The number of pyridine rings is 1. The van der Waals surface area contributed by atoms with Crippen molar-refractivity contribution in [3.63, 3.8) is 0 Å². The van der Waals surface area contributed by atoms with Crippen molar-refractivity contribution in [2.24, 2.45) is 0 Å². The van der Waals surface area contributed by atoms with Gasteiger partial charge in [-0.15, -0.1) is 0 Å². The molecule has 0 aliphatic carbocycles. The number of rotatable bonds is 7. The smallest absolute Gasteiger partial charge is 0.255 e. The highest BCUT2D eigenvalue weighted by atomic mass is 19.1. The number of aromatic nitrogens is 1. The third kappa shape index (κ3) is 4.95. The maximum atomic E-state index is 12.7. The van der Waals surface area contributed by atoms with Crippen LogP contribution in [0, 0.1) is 5.95 Å². The number of hydrogen-bond acceptors (Lipinski definition) is 3. The summed E-state index contributed by atoms with van der Waals surface area (Å²) in [5, 5.41) is 2.73. The molecular weight excluding hydrogens is 261 g/mol. The zero-order valence-electron chi connectivity index (χ0n) is 11.9. The van der Waals surface area contributed by atoms with Crippen LogP contribution >= 0.6 is 0 Å². The van der Waals surface area contributed by atoms with Gasteiger partial charge in [-0.2, -0.15) is 4.39 Å². The predicted molar refractivity (Wildman–Crippen MR) is 73.7 cm³/mol. The fourth-order valence-corrected chi connectivity index (χ4v) is 1.70. The molecule has 6 heteroatoms. The van der Waals surface area contributed by atoms with Crippen LogP contribution < -0.4 is 5.32 Å². The first kappa shape index (κ1) is 16.1. The molecule has 1 N–H and O–H groups in total. The summed E-state index contributed by atoms with van der Waals surface area (Å²) in [6.45, 7) is 4.94. The molecule has 0 bridgehead atoms. The Balaban J connectivity index is 2.71. The number of halogens is 1. The second kappa shape index (κ2) is 8.24. The molecular formula is C14H20FN3O2. The first-order valence-electron chi connectivity index (χ1n) is 6.76. The third-order valence-corrected chi connectivity index (χ3v) is 2.66. The largest absolute Gasteiger partial charge is 0.355 e. The van der Waals surface area contributed by atoms with Crippen LogP contribution in [0.2, 0.25) is 0 Å². The summed E-state index contributed by atoms with van der Waals surface area (Å²) in [5.74, 6) is -1.14. The maximum Gasteiger partial charge on any atom is 0.255 e. The van der Waals surface area contributed by atoms with E-state index in [1.54, 1.807) is 0 Å². The molecule has 0 unspecified atom stereocenters. The van der Waals surface area contributed by atoms with Crippen molar-refractivity contribution in [3.8, 4) is 0 Å². The van der Waals surface area contributed by atoms with Gasteiger partial charge in [0.25, 0.3) is 5.91 Å². The van der Waals surface area contributed by atoms with Gasteiger partial charge in [0, 0.05) is 19.3 Å². The summed E-state index contributed by atoms with van der Waals surface area (Å²) in [6, 6.07) is 2.51. The molecule has 0 aliphatic heterocycles. The molecule has 0 aliphatic rings. The minimum absolute atomic E-state index is 0.00402. The Bertz CT molecular complexity index is 448. The summed E-state index contributed by atoms with van der Waals surface area (Å²) >= 11 is 0. The average molecular weight is 281 g/mol. The molecule has 1 heterocycles. The minimum Gasteiger partial charge on any atom is -0.355 e. The standard InChI is InChI=1S/C14H20FN3O2/c1-3-7-16-13(19)10-18(8-4-2)14(20)11-5-6-12(15)17-9-11/h5-6,9H,3-4,7-8,10H2,1-2H3,(H,16,19). The zero-order valence-corrected chi connectivity index (χ0v) is 11.9.